The van der Waals surface area contributed by atoms with Crippen molar-refractivity contribution in [2.75, 3.05) is 5.32 Å². The molecular weight excluding hydrogens is 246 g/mol. The number of nitrogens with zero attached hydrogens (tertiary/aromatic N) is 2. The van der Waals surface area contributed by atoms with Crippen LogP contribution in [0.25, 0.3) is 10.6 Å². The van der Waals surface area contributed by atoms with Crippen LogP contribution in [-0.4, -0.2) is 14.5 Å². The molecule has 0 saturated heterocycles. The van der Waals surface area contributed by atoms with Gasteiger partial charge in [-0.05, 0) is 0 Å². The lowest BCUT2D eigenvalue weighted by atomic mass is 10.2. The van der Waals surface area contributed by atoms with Crippen molar-refractivity contribution in [1.29, 1.82) is 0 Å². The number of nitrogens with one attached hydrogen (secondary N) is 1. The normalized spacial score (nSPS) is 9.93. The Bertz CT molecular complexity index is 466. The molecule has 1 aromatic heterocycles. The molecule has 2 aromatic rings. The van der Waals surface area contributed by atoms with Gasteiger partial charge in [0, 0.05) is 5.56 Å². The first-order chi connectivity index (χ1) is 7.25. The Morgan fingerprint density at radius 3 is 2.67 bits per heavy atom. The average molecular weight is 253 g/mol. The van der Waals surface area contributed by atoms with Gasteiger partial charge in [-0.1, -0.05) is 53.9 Å². The molecule has 0 fully saturated rings. The lowest BCUT2D eigenvalue weighted by molar-refractivity contribution is 1.10. The van der Waals surface area contributed by atoms with Crippen LogP contribution in [0.5, 0.6) is 0 Å². The predicted molar refractivity (Wildman–Crippen MR) is 70.6 cm³/mol. The molecule has 0 amide bonds. The SMILES string of the molecule is S=C(S)Nc1nnc(-c2ccccc2)s1. The van der Waals surface area contributed by atoms with E-state index in [1.165, 1.54) is 11.3 Å². The molecule has 0 saturated carbocycles. The molecule has 0 aliphatic heterocycles. The third-order valence-corrected chi connectivity index (χ3v) is 2.76. The van der Waals surface area contributed by atoms with Crippen LogP contribution in [0.4, 0.5) is 5.13 Å². The van der Waals surface area contributed by atoms with E-state index in [0.29, 0.717) is 9.45 Å². The van der Waals surface area contributed by atoms with Gasteiger partial charge in [-0.25, -0.2) is 0 Å². The Hall–Kier alpha value is -0.980. The highest BCUT2D eigenvalue weighted by molar-refractivity contribution is 8.11. The summed E-state index contributed by atoms with van der Waals surface area (Å²) >= 11 is 10.2. The molecular formula is C9H7N3S3. The second kappa shape index (κ2) is 4.69. The van der Waals surface area contributed by atoms with E-state index in [9.17, 15) is 0 Å². The smallest absolute Gasteiger partial charge is 0.211 e. The zero-order valence-electron chi connectivity index (χ0n) is 7.54. The van der Waals surface area contributed by atoms with Gasteiger partial charge in [-0.2, -0.15) is 0 Å². The summed E-state index contributed by atoms with van der Waals surface area (Å²) in [6, 6.07) is 9.87. The van der Waals surface area contributed by atoms with Crippen molar-refractivity contribution in [2.45, 2.75) is 0 Å². The van der Waals surface area contributed by atoms with Gasteiger partial charge in [0.15, 0.2) is 0 Å². The van der Waals surface area contributed by atoms with Gasteiger partial charge in [0.05, 0.1) is 0 Å². The summed E-state index contributed by atoms with van der Waals surface area (Å²) in [7, 11) is 0. The van der Waals surface area contributed by atoms with Crippen molar-refractivity contribution in [3.63, 3.8) is 0 Å². The predicted octanol–water partition coefficient (Wildman–Crippen LogP) is 2.83. The number of thiocarbonyl (C=S) groups is 1. The number of aromatic nitrogens is 2. The van der Waals surface area contributed by atoms with Crippen LogP contribution in [0.15, 0.2) is 30.3 Å². The quantitative estimate of drug-likeness (QED) is 0.637. The van der Waals surface area contributed by atoms with Gasteiger partial charge < -0.3 is 5.32 Å². The van der Waals surface area contributed by atoms with Crippen molar-refractivity contribution in [2.24, 2.45) is 0 Å². The van der Waals surface area contributed by atoms with E-state index in [0.717, 1.165) is 10.6 Å². The molecule has 0 spiro atoms. The summed E-state index contributed by atoms with van der Waals surface area (Å²) in [5, 5.41) is 12.4. The summed E-state index contributed by atoms with van der Waals surface area (Å²) in [6.07, 6.45) is 0. The molecule has 6 heteroatoms. The summed E-state index contributed by atoms with van der Waals surface area (Å²) < 4.78 is 0.394. The fraction of sp³-hybridized carbons (Fsp3) is 0. The average Bonchev–Trinajstić information content (AvgIpc) is 2.67. The van der Waals surface area contributed by atoms with Gasteiger partial charge in [0.25, 0.3) is 0 Å². The third-order valence-electron chi connectivity index (χ3n) is 1.66. The van der Waals surface area contributed by atoms with Crippen molar-refractivity contribution in [3.8, 4) is 10.6 Å². The lowest BCUT2D eigenvalue weighted by Crippen LogP contribution is -1.99. The Kier molecular flexibility index (Phi) is 3.30. The summed E-state index contributed by atoms with van der Waals surface area (Å²) in [5.41, 5.74) is 1.05. The fourth-order valence-corrected chi connectivity index (χ4v) is 2.16. The maximum absolute atomic E-state index is 4.80. The maximum Gasteiger partial charge on any atom is 0.211 e. The Labute approximate surface area is 102 Å². The van der Waals surface area contributed by atoms with Gasteiger partial charge in [0.2, 0.25) is 5.13 Å². The summed E-state index contributed by atoms with van der Waals surface area (Å²) in [6.45, 7) is 0. The van der Waals surface area contributed by atoms with E-state index in [4.69, 9.17) is 12.2 Å². The van der Waals surface area contributed by atoms with Crippen LogP contribution in [-0.2, 0) is 0 Å². The molecule has 1 heterocycles. The molecule has 0 atom stereocenters. The maximum atomic E-state index is 4.80. The zero-order valence-corrected chi connectivity index (χ0v) is 10.1. The van der Waals surface area contributed by atoms with E-state index in [2.05, 4.69) is 28.1 Å². The van der Waals surface area contributed by atoms with E-state index in [1.54, 1.807) is 0 Å². The van der Waals surface area contributed by atoms with Crippen LogP contribution in [0.1, 0.15) is 0 Å². The molecule has 1 N–H and O–H groups in total. The van der Waals surface area contributed by atoms with E-state index in [-0.39, 0.29) is 0 Å². The highest BCUT2D eigenvalue weighted by Crippen LogP contribution is 2.25. The zero-order chi connectivity index (χ0) is 10.7. The van der Waals surface area contributed by atoms with Crippen LogP contribution < -0.4 is 5.32 Å². The summed E-state index contributed by atoms with van der Waals surface area (Å²) in [5.74, 6) is 0. The molecule has 0 bridgehead atoms. The first-order valence-corrected chi connectivity index (χ1v) is 5.82. The number of thiol groups is 1. The standard InChI is InChI=1S/C9H7N3S3/c13-9(14)10-8-12-11-7(15-8)6-4-2-1-3-5-6/h1-5H,(H2,10,12,13,14). The molecule has 3 nitrogen and oxygen atoms in total. The minimum absolute atomic E-state index is 0.394. The highest BCUT2D eigenvalue weighted by atomic mass is 32.1. The number of rotatable bonds is 2. The van der Waals surface area contributed by atoms with Gasteiger partial charge in [-0.3, -0.25) is 0 Å². The van der Waals surface area contributed by atoms with E-state index in [1.807, 2.05) is 30.3 Å². The third kappa shape index (κ3) is 2.74. The number of anilines is 1. The minimum Gasteiger partial charge on any atom is -0.316 e. The van der Waals surface area contributed by atoms with Crippen molar-refractivity contribution in [3.05, 3.63) is 30.3 Å². The van der Waals surface area contributed by atoms with Gasteiger partial charge in [-0.15, -0.1) is 22.8 Å². The molecule has 0 aliphatic carbocycles. The Balaban J connectivity index is 2.24. The van der Waals surface area contributed by atoms with Crippen molar-refractivity contribution >= 4 is 45.6 Å². The van der Waals surface area contributed by atoms with Crippen LogP contribution >= 0.6 is 36.2 Å². The van der Waals surface area contributed by atoms with Crippen LogP contribution in [0.2, 0.25) is 0 Å². The molecule has 15 heavy (non-hydrogen) atoms. The highest BCUT2D eigenvalue weighted by Gasteiger charge is 2.05. The molecule has 1 aromatic carbocycles. The molecule has 2 rings (SSSR count). The number of hydrogen-bond donors (Lipinski definition) is 2. The van der Waals surface area contributed by atoms with Crippen molar-refractivity contribution < 1.29 is 0 Å². The number of benzene rings is 1. The van der Waals surface area contributed by atoms with Gasteiger partial charge in [0.1, 0.15) is 9.33 Å². The molecule has 0 unspecified atom stereocenters. The lowest BCUT2D eigenvalue weighted by Gasteiger charge is -1.94. The van der Waals surface area contributed by atoms with Crippen LogP contribution in [0.3, 0.4) is 0 Å². The Morgan fingerprint density at radius 2 is 2.00 bits per heavy atom. The monoisotopic (exact) mass is 253 g/mol. The largest absolute Gasteiger partial charge is 0.316 e. The Morgan fingerprint density at radius 1 is 1.27 bits per heavy atom. The second-order valence-corrected chi connectivity index (χ2v) is 4.84. The molecule has 76 valence electrons. The molecule has 0 radical (unpaired) electrons. The second-order valence-electron chi connectivity index (χ2n) is 2.71. The minimum atomic E-state index is 0.394. The first kappa shape index (κ1) is 10.5. The van der Waals surface area contributed by atoms with E-state index < -0.39 is 0 Å². The first-order valence-electron chi connectivity index (χ1n) is 4.14. The topological polar surface area (TPSA) is 37.8 Å². The van der Waals surface area contributed by atoms with Crippen LogP contribution in [0, 0.1) is 0 Å². The van der Waals surface area contributed by atoms with Crippen molar-refractivity contribution in [1.82, 2.24) is 10.2 Å². The molecule has 0 aliphatic rings. The fourth-order valence-electron chi connectivity index (χ4n) is 1.06. The van der Waals surface area contributed by atoms with E-state index >= 15 is 0 Å². The van der Waals surface area contributed by atoms with Gasteiger partial charge >= 0.3 is 0 Å². The number of hydrogen-bond acceptors (Lipinski definition) is 4. The summed E-state index contributed by atoms with van der Waals surface area (Å²) in [4.78, 5) is 0.